The molecule has 22 heavy (non-hydrogen) atoms. The molecule has 0 spiro atoms. The van der Waals surface area contributed by atoms with Crippen LogP contribution in [0.2, 0.25) is 0 Å². The van der Waals surface area contributed by atoms with E-state index in [-0.39, 0.29) is 11.9 Å². The van der Waals surface area contributed by atoms with E-state index in [0.717, 1.165) is 16.8 Å². The second-order valence-electron chi connectivity index (χ2n) is 5.53. The Kier molecular flexibility index (Phi) is 4.52. The molecule has 2 heterocycles. The van der Waals surface area contributed by atoms with Gasteiger partial charge in [0.05, 0.1) is 28.2 Å². The first-order chi connectivity index (χ1) is 10.6. The molecule has 0 bridgehead atoms. The topological polar surface area (TPSA) is 74.2 Å². The van der Waals surface area contributed by atoms with Gasteiger partial charge in [0.15, 0.2) is 0 Å². The number of benzene rings is 1. The summed E-state index contributed by atoms with van der Waals surface area (Å²) in [6, 6.07) is 7.87. The van der Waals surface area contributed by atoms with Crippen LogP contribution in [0.25, 0.3) is 10.4 Å². The predicted octanol–water partition coefficient (Wildman–Crippen LogP) is 1.46. The molecule has 1 amide bonds. The lowest BCUT2D eigenvalue weighted by atomic mass is 10.1. The molecule has 0 aliphatic carbocycles. The van der Waals surface area contributed by atoms with Gasteiger partial charge in [0.2, 0.25) is 5.91 Å². The van der Waals surface area contributed by atoms with Crippen molar-refractivity contribution in [3.8, 4) is 10.4 Å². The molecule has 0 saturated carbocycles. The Labute approximate surface area is 133 Å². The maximum absolute atomic E-state index is 12.0. The number of aryl methyl sites for hydroxylation is 1. The molecule has 116 valence electrons. The zero-order valence-electron chi connectivity index (χ0n) is 12.4. The summed E-state index contributed by atoms with van der Waals surface area (Å²) < 4.78 is 0. The number of hydrogen-bond donors (Lipinski definition) is 3. The van der Waals surface area contributed by atoms with Gasteiger partial charge in [-0.2, -0.15) is 0 Å². The summed E-state index contributed by atoms with van der Waals surface area (Å²) in [4.78, 5) is 17.4. The lowest BCUT2D eigenvalue weighted by Gasteiger charge is -2.11. The Morgan fingerprint density at radius 1 is 1.45 bits per heavy atom. The largest absolute Gasteiger partial charge is 0.392 e. The third-order valence-electron chi connectivity index (χ3n) is 3.85. The van der Waals surface area contributed by atoms with Crippen LogP contribution in [0.3, 0.4) is 0 Å². The average Bonchev–Trinajstić information content (AvgIpc) is 3.14. The molecule has 1 fully saturated rings. The maximum atomic E-state index is 12.0. The van der Waals surface area contributed by atoms with Crippen molar-refractivity contribution in [1.82, 2.24) is 15.6 Å². The Balaban J connectivity index is 1.57. The van der Waals surface area contributed by atoms with E-state index in [1.807, 2.05) is 24.6 Å². The number of thiazole rings is 1. The molecule has 3 N–H and O–H groups in total. The molecule has 1 aromatic carbocycles. The number of rotatable bonds is 4. The van der Waals surface area contributed by atoms with E-state index in [9.17, 15) is 9.90 Å². The highest BCUT2D eigenvalue weighted by atomic mass is 32.1. The minimum atomic E-state index is -0.419. The fourth-order valence-electron chi connectivity index (χ4n) is 2.58. The molecule has 1 saturated heterocycles. The number of carbonyl (C=O) groups is 1. The lowest BCUT2D eigenvalue weighted by Crippen LogP contribution is -2.39. The van der Waals surface area contributed by atoms with Crippen LogP contribution in [0.4, 0.5) is 0 Å². The summed E-state index contributed by atoms with van der Waals surface area (Å²) in [5.74, 6) is -0.0565. The van der Waals surface area contributed by atoms with Crippen molar-refractivity contribution in [3.05, 3.63) is 41.0 Å². The number of β-amino-alcohol motifs (C(OH)–C–C–N with tert-alkyl or cyclic N) is 1. The summed E-state index contributed by atoms with van der Waals surface area (Å²) in [5, 5.41) is 15.3. The van der Waals surface area contributed by atoms with Crippen molar-refractivity contribution in [3.63, 3.8) is 0 Å². The lowest BCUT2D eigenvalue weighted by molar-refractivity contribution is -0.123. The van der Waals surface area contributed by atoms with Crippen LogP contribution in [-0.4, -0.2) is 34.7 Å². The van der Waals surface area contributed by atoms with Gasteiger partial charge in [0.1, 0.15) is 0 Å². The maximum Gasteiger partial charge on any atom is 0.237 e. The minimum Gasteiger partial charge on any atom is -0.392 e. The number of nitrogens with one attached hydrogen (secondary N) is 2. The molecule has 2 atom stereocenters. The van der Waals surface area contributed by atoms with Gasteiger partial charge < -0.3 is 15.7 Å². The van der Waals surface area contributed by atoms with Gasteiger partial charge in [0.25, 0.3) is 0 Å². The van der Waals surface area contributed by atoms with Crippen LogP contribution in [0, 0.1) is 6.92 Å². The number of carbonyl (C=O) groups excluding carboxylic acids is 1. The first kappa shape index (κ1) is 15.1. The fraction of sp³-hybridized carbons (Fsp3) is 0.375. The molecule has 3 rings (SSSR count). The first-order valence-corrected chi connectivity index (χ1v) is 8.20. The second-order valence-corrected chi connectivity index (χ2v) is 6.39. The molecule has 0 radical (unpaired) electrons. The minimum absolute atomic E-state index is 0.0565. The predicted molar refractivity (Wildman–Crippen MR) is 86.5 cm³/mol. The Hall–Kier alpha value is -1.76. The normalized spacial score (nSPS) is 21.0. The molecule has 1 aliphatic rings. The number of hydrogen-bond acceptors (Lipinski definition) is 5. The van der Waals surface area contributed by atoms with E-state index in [1.54, 1.807) is 11.3 Å². The van der Waals surface area contributed by atoms with Crippen molar-refractivity contribution in [2.24, 2.45) is 0 Å². The Morgan fingerprint density at radius 3 is 2.82 bits per heavy atom. The standard InChI is InChI=1S/C16H19N3O2S/c1-10-15(22-9-19-10)12-4-2-11(3-5-12)7-18-16(21)14-6-13(20)8-17-14/h2-5,9,13-14,17,20H,6-8H2,1H3,(H,18,21)/t13-,14-/m0/s1. The van der Waals surface area contributed by atoms with Crippen LogP contribution in [0.1, 0.15) is 17.7 Å². The highest BCUT2D eigenvalue weighted by molar-refractivity contribution is 7.13. The summed E-state index contributed by atoms with van der Waals surface area (Å²) in [5.41, 5.74) is 5.09. The summed E-state index contributed by atoms with van der Waals surface area (Å²) in [6.07, 6.45) is 0.0628. The van der Waals surface area contributed by atoms with E-state index in [4.69, 9.17) is 0 Å². The van der Waals surface area contributed by atoms with Gasteiger partial charge in [-0.3, -0.25) is 4.79 Å². The van der Waals surface area contributed by atoms with Crippen molar-refractivity contribution in [2.75, 3.05) is 6.54 Å². The van der Waals surface area contributed by atoms with Crippen LogP contribution < -0.4 is 10.6 Å². The van der Waals surface area contributed by atoms with Crippen LogP contribution >= 0.6 is 11.3 Å². The zero-order valence-corrected chi connectivity index (χ0v) is 13.2. The van der Waals surface area contributed by atoms with Gasteiger partial charge in [-0.05, 0) is 24.5 Å². The van der Waals surface area contributed by atoms with E-state index in [1.165, 1.54) is 4.88 Å². The smallest absolute Gasteiger partial charge is 0.237 e. The molecule has 6 heteroatoms. The fourth-order valence-corrected chi connectivity index (χ4v) is 3.39. The van der Waals surface area contributed by atoms with Crippen LogP contribution in [0.5, 0.6) is 0 Å². The number of aliphatic hydroxyl groups excluding tert-OH is 1. The van der Waals surface area contributed by atoms with Crippen molar-refractivity contribution in [2.45, 2.75) is 32.0 Å². The quantitative estimate of drug-likeness (QED) is 0.798. The zero-order chi connectivity index (χ0) is 15.5. The van der Waals surface area contributed by atoms with E-state index >= 15 is 0 Å². The monoisotopic (exact) mass is 317 g/mol. The van der Waals surface area contributed by atoms with Gasteiger partial charge in [-0.25, -0.2) is 4.98 Å². The molecule has 1 aliphatic heterocycles. The molecule has 1 aromatic heterocycles. The third-order valence-corrected chi connectivity index (χ3v) is 4.83. The van der Waals surface area contributed by atoms with Gasteiger partial charge >= 0.3 is 0 Å². The van der Waals surface area contributed by atoms with Gasteiger partial charge in [0, 0.05) is 13.1 Å². The molecular weight excluding hydrogens is 298 g/mol. The van der Waals surface area contributed by atoms with Gasteiger partial charge in [-0.15, -0.1) is 11.3 Å². The highest BCUT2D eigenvalue weighted by Gasteiger charge is 2.27. The van der Waals surface area contributed by atoms with Crippen molar-refractivity contribution >= 4 is 17.2 Å². The number of nitrogens with zero attached hydrogens (tertiary/aromatic N) is 1. The molecule has 0 unspecified atom stereocenters. The highest BCUT2D eigenvalue weighted by Crippen LogP contribution is 2.27. The summed E-state index contributed by atoms with van der Waals surface area (Å²) in [7, 11) is 0. The van der Waals surface area contributed by atoms with Crippen molar-refractivity contribution in [1.29, 1.82) is 0 Å². The number of aromatic nitrogens is 1. The van der Waals surface area contributed by atoms with Crippen molar-refractivity contribution < 1.29 is 9.90 Å². The van der Waals surface area contributed by atoms with Crippen LogP contribution in [0.15, 0.2) is 29.8 Å². The van der Waals surface area contributed by atoms with E-state index in [2.05, 4.69) is 27.8 Å². The molecular formula is C16H19N3O2S. The first-order valence-electron chi connectivity index (χ1n) is 7.32. The SMILES string of the molecule is Cc1ncsc1-c1ccc(CNC(=O)[C@@H]2C[C@H](O)CN2)cc1. The van der Waals surface area contributed by atoms with Crippen LogP contribution in [-0.2, 0) is 11.3 Å². The average molecular weight is 317 g/mol. The van der Waals surface area contributed by atoms with E-state index < -0.39 is 6.10 Å². The van der Waals surface area contributed by atoms with Gasteiger partial charge in [-0.1, -0.05) is 24.3 Å². The van der Waals surface area contributed by atoms with E-state index in [0.29, 0.717) is 19.5 Å². The number of aliphatic hydroxyl groups is 1. The summed E-state index contributed by atoms with van der Waals surface area (Å²) in [6.45, 7) is 2.99. The number of amides is 1. The molecule has 2 aromatic rings. The molecule has 5 nitrogen and oxygen atoms in total. The summed E-state index contributed by atoms with van der Waals surface area (Å²) >= 11 is 1.63. The Morgan fingerprint density at radius 2 is 2.23 bits per heavy atom. The second kappa shape index (κ2) is 6.56. The third kappa shape index (κ3) is 3.35. The Bertz CT molecular complexity index is 654.